The van der Waals surface area contributed by atoms with Crippen molar-refractivity contribution in [1.29, 1.82) is 0 Å². The fourth-order valence-electron chi connectivity index (χ4n) is 5.51. The number of allylic oxidation sites excluding steroid dienone is 2. The van der Waals surface area contributed by atoms with E-state index in [1.165, 1.54) is 30.4 Å². The Morgan fingerprint density at radius 2 is 1.83 bits per heavy atom. The molecule has 0 aromatic heterocycles. The maximum Gasteiger partial charge on any atom is 0.306 e. The normalized spacial score (nSPS) is 34.1. The highest BCUT2D eigenvalue weighted by Crippen LogP contribution is 2.62. The monoisotopic (exact) mass is 324 g/mol. The van der Waals surface area contributed by atoms with E-state index >= 15 is 0 Å². The Morgan fingerprint density at radius 1 is 1.12 bits per heavy atom. The highest BCUT2D eigenvalue weighted by atomic mass is 16.6. The predicted molar refractivity (Wildman–Crippen MR) is 96.2 cm³/mol. The van der Waals surface area contributed by atoms with E-state index < -0.39 is 5.60 Å². The lowest BCUT2D eigenvalue weighted by atomic mass is 9.74. The van der Waals surface area contributed by atoms with Crippen LogP contribution < -0.4 is 0 Å². The second kappa shape index (κ2) is 5.75. The van der Waals surface area contributed by atoms with E-state index in [2.05, 4.69) is 36.4 Å². The molecule has 0 heterocycles. The fourth-order valence-corrected chi connectivity index (χ4v) is 5.51. The van der Waals surface area contributed by atoms with Crippen molar-refractivity contribution in [2.45, 2.75) is 52.1 Å². The van der Waals surface area contributed by atoms with Gasteiger partial charge in [0.05, 0.1) is 6.42 Å². The fraction of sp³-hybridized carbons (Fsp3) is 0.591. The Morgan fingerprint density at radius 3 is 2.54 bits per heavy atom. The number of hydrogen-bond acceptors (Lipinski definition) is 2. The zero-order valence-electron chi connectivity index (χ0n) is 15.0. The van der Waals surface area contributed by atoms with Crippen LogP contribution in [-0.2, 0) is 9.53 Å². The lowest BCUT2D eigenvalue weighted by Gasteiger charge is -2.31. The second-order valence-electron chi connectivity index (χ2n) is 8.87. The molecule has 5 atom stereocenters. The largest absolute Gasteiger partial charge is 0.460 e. The van der Waals surface area contributed by atoms with Gasteiger partial charge in [-0.05, 0) is 80.8 Å². The summed E-state index contributed by atoms with van der Waals surface area (Å²) in [5, 5.41) is 0. The molecule has 24 heavy (non-hydrogen) atoms. The maximum atomic E-state index is 12.5. The summed E-state index contributed by atoms with van der Waals surface area (Å²) < 4.78 is 5.65. The Hall–Kier alpha value is -1.57. The van der Waals surface area contributed by atoms with Gasteiger partial charge in [0.15, 0.2) is 0 Å². The first-order chi connectivity index (χ1) is 11.4. The van der Waals surface area contributed by atoms with Crippen molar-refractivity contribution < 1.29 is 9.53 Å². The summed E-state index contributed by atoms with van der Waals surface area (Å²) in [5.74, 6) is 3.30. The molecule has 2 nitrogen and oxygen atoms in total. The van der Waals surface area contributed by atoms with Gasteiger partial charge in [0.2, 0.25) is 0 Å². The third-order valence-electron chi connectivity index (χ3n) is 6.20. The Labute approximate surface area is 145 Å². The molecule has 2 saturated carbocycles. The molecule has 2 bridgehead atoms. The average molecular weight is 324 g/mol. The van der Waals surface area contributed by atoms with Crippen molar-refractivity contribution in [1.82, 2.24) is 0 Å². The van der Waals surface area contributed by atoms with Gasteiger partial charge in [0, 0.05) is 0 Å². The molecule has 4 rings (SSSR count). The Kier molecular flexibility index (Phi) is 3.82. The van der Waals surface area contributed by atoms with E-state index in [-0.39, 0.29) is 5.97 Å². The molecule has 1 aromatic carbocycles. The summed E-state index contributed by atoms with van der Waals surface area (Å²) >= 11 is 0. The van der Waals surface area contributed by atoms with Gasteiger partial charge in [-0.1, -0.05) is 36.4 Å². The van der Waals surface area contributed by atoms with E-state index in [1.54, 1.807) is 0 Å². The van der Waals surface area contributed by atoms with Crippen molar-refractivity contribution >= 4 is 11.5 Å². The first kappa shape index (κ1) is 15.9. The SMILES string of the molecule is CC(C)(C)OC(=O)C[C@@H]1C(c2ccccc2)=C[C@H]2[C@@H]3CC[C@@H](C3)[C@H]21. The molecule has 0 N–H and O–H groups in total. The van der Waals surface area contributed by atoms with Crippen LogP contribution in [0.15, 0.2) is 36.4 Å². The van der Waals surface area contributed by atoms with Crippen LogP contribution in [0.1, 0.15) is 52.0 Å². The van der Waals surface area contributed by atoms with Crippen LogP contribution in [0, 0.1) is 29.6 Å². The van der Waals surface area contributed by atoms with Crippen LogP contribution in [0.25, 0.3) is 5.57 Å². The summed E-state index contributed by atoms with van der Waals surface area (Å²) in [7, 11) is 0. The van der Waals surface area contributed by atoms with Crippen LogP contribution in [0.2, 0.25) is 0 Å². The van der Waals surface area contributed by atoms with Crippen molar-refractivity contribution in [2.24, 2.45) is 29.6 Å². The lowest BCUT2D eigenvalue weighted by molar-refractivity contribution is -0.156. The van der Waals surface area contributed by atoms with Crippen LogP contribution in [0.5, 0.6) is 0 Å². The highest BCUT2D eigenvalue weighted by Gasteiger charge is 2.53. The topological polar surface area (TPSA) is 26.3 Å². The molecule has 128 valence electrons. The second-order valence-corrected chi connectivity index (χ2v) is 8.87. The number of fused-ring (bicyclic) bond motifs is 5. The van der Waals surface area contributed by atoms with E-state index in [9.17, 15) is 4.79 Å². The van der Waals surface area contributed by atoms with Crippen LogP contribution >= 0.6 is 0 Å². The van der Waals surface area contributed by atoms with Gasteiger partial charge in [-0.25, -0.2) is 0 Å². The van der Waals surface area contributed by atoms with Gasteiger partial charge in [-0.15, -0.1) is 0 Å². The van der Waals surface area contributed by atoms with Gasteiger partial charge < -0.3 is 4.74 Å². The first-order valence-electron chi connectivity index (χ1n) is 9.41. The number of hydrogen-bond donors (Lipinski definition) is 0. The third kappa shape index (κ3) is 2.81. The Balaban J connectivity index is 1.61. The van der Waals surface area contributed by atoms with Crippen LogP contribution in [0.4, 0.5) is 0 Å². The average Bonchev–Trinajstić information content (AvgIpc) is 3.18. The number of carbonyl (C=O) groups excluding carboxylic acids is 1. The number of benzene rings is 1. The summed E-state index contributed by atoms with van der Waals surface area (Å²) in [6.07, 6.45) is 7.15. The zero-order valence-corrected chi connectivity index (χ0v) is 15.0. The molecule has 0 saturated heterocycles. The van der Waals surface area contributed by atoms with Gasteiger partial charge in [-0.3, -0.25) is 4.79 Å². The van der Waals surface area contributed by atoms with Gasteiger partial charge in [0.1, 0.15) is 5.60 Å². The summed E-state index contributed by atoms with van der Waals surface area (Å²) in [6, 6.07) is 10.6. The van der Waals surface area contributed by atoms with E-state index in [4.69, 9.17) is 4.74 Å². The van der Waals surface area contributed by atoms with Crippen molar-refractivity contribution in [3.63, 3.8) is 0 Å². The van der Waals surface area contributed by atoms with Crippen LogP contribution in [-0.4, -0.2) is 11.6 Å². The molecule has 0 aliphatic heterocycles. The first-order valence-corrected chi connectivity index (χ1v) is 9.41. The summed E-state index contributed by atoms with van der Waals surface area (Å²) in [4.78, 5) is 12.5. The lowest BCUT2D eigenvalue weighted by Crippen LogP contribution is -2.29. The minimum Gasteiger partial charge on any atom is -0.460 e. The molecule has 0 unspecified atom stereocenters. The molecule has 0 spiro atoms. The standard InChI is InChI=1S/C22H28O2/c1-22(2,3)24-20(23)13-19-17(14-7-5-4-6-8-14)12-18-15-9-10-16(11-15)21(18)19/h4-8,12,15-16,18-19,21H,9-11,13H2,1-3H3/t15-,16+,18+,19-,21-/m1/s1. The minimum absolute atomic E-state index is 0.0437. The number of esters is 1. The van der Waals surface area contributed by atoms with Gasteiger partial charge in [-0.2, -0.15) is 0 Å². The molecular weight excluding hydrogens is 296 g/mol. The summed E-state index contributed by atoms with van der Waals surface area (Å²) in [6.45, 7) is 5.86. The minimum atomic E-state index is -0.402. The van der Waals surface area contributed by atoms with Crippen molar-refractivity contribution in [2.75, 3.05) is 0 Å². The maximum absolute atomic E-state index is 12.5. The number of ether oxygens (including phenoxy) is 1. The quantitative estimate of drug-likeness (QED) is 0.724. The Bertz CT molecular complexity index is 652. The number of carbonyl (C=O) groups is 1. The molecule has 2 fully saturated rings. The van der Waals surface area contributed by atoms with E-state index in [0.29, 0.717) is 24.2 Å². The highest BCUT2D eigenvalue weighted by molar-refractivity contribution is 5.78. The van der Waals surface area contributed by atoms with E-state index in [0.717, 1.165) is 11.8 Å². The molecule has 3 aliphatic rings. The summed E-state index contributed by atoms with van der Waals surface area (Å²) in [5.41, 5.74) is 2.29. The zero-order chi connectivity index (χ0) is 16.9. The van der Waals surface area contributed by atoms with Gasteiger partial charge >= 0.3 is 5.97 Å². The number of rotatable bonds is 3. The smallest absolute Gasteiger partial charge is 0.306 e. The van der Waals surface area contributed by atoms with Crippen LogP contribution in [0.3, 0.4) is 0 Å². The molecule has 0 amide bonds. The predicted octanol–water partition coefficient (Wildman–Crippen LogP) is 5.09. The van der Waals surface area contributed by atoms with Gasteiger partial charge in [0.25, 0.3) is 0 Å². The van der Waals surface area contributed by atoms with Crippen molar-refractivity contribution in [3.8, 4) is 0 Å². The van der Waals surface area contributed by atoms with Crippen molar-refractivity contribution in [3.05, 3.63) is 42.0 Å². The molecule has 3 aliphatic carbocycles. The molecule has 0 radical (unpaired) electrons. The molecule has 2 heteroatoms. The molecule has 1 aromatic rings. The van der Waals surface area contributed by atoms with E-state index in [1.807, 2.05) is 20.8 Å². The third-order valence-corrected chi connectivity index (χ3v) is 6.20. The molecular formula is C22H28O2.